The lowest BCUT2D eigenvalue weighted by atomic mass is 10.2. The third-order valence-electron chi connectivity index (χ3n) is 1.36. The molecule has 10 heavy (non-hydrogen) atoms. The molecule has 0 fully saturated rings. The van der Waals surface area contributed by atoms with Crippen molar-refractivity contribution >= 4 is 6.41 Å². The van der Waals surface area contributed by atoms with Gasteiger partial charge in [0.05, 0.1) is 0 Å². The van der Waals surface area contributed by atoms with E-state index in [1.54, 1.807) is 0 Å². The van der Waals surface area contributed by atoms with Crippen LogP contribution in [0.4, 0.5) is 0 Å². The van der Waals surface area contributed by atoms with Crippen molar-refractivity contribution in [2.24, 2.45) is 5.73 Å². The monoisotopic (exact) mass is 148 g/mol. The average molecular weight is 148 g/mol. The van der Waals surface area contributed by atoms with Crippen molar-refractivity contribution in [3.8, 4) is 0 Å². The number of amides is 1. The van der Waals surface area contributed by atoms with E-state index < -0.39 is 0 Å². The van der Waals surface area contributed by atoms with Gasteiger partial charge in [0.1, 0.15) is 0 Å². The van der Waals surface area contributed by atoms with Crippen LogP contribution in [0.25, 0.3) is 0 Å². The van der Waals surface area contributed by atoms with Gasteiger partial charge >= 0.3 is 0 Å². The molecule has 0 aromatic heterocycles. The molecule has 3 nitrogen and oxygen atoms in total. The highest BCUT2D eigenvalue weighted by Crippen LogP contribution is 1.96. The smallest absolute Gasteiger partial charge is 0.207 e. The quantitative estimate of drug-likeness (QED) is 0.413. The summed E-state index contributed by atoms with van der Waals surface area (Å²) >= 11 is 0. The minimum atomic E-state index is 0. The summed E-state index contributed by atoms with van der Waals surface area (Å²) < 4.78 is 0. The molecule has 1 amide bonds. The third kappa shape index (κ3) is 7.43. The van der Waals surface area contributed by atoms with Crippen LogP contribution in [0.5, 0.6) is 0 Å². The van der Waals surface area contributed by atoms with Crippen molar-refractivity contribution < 1.29 is 7.65 Å². The zero-order chi connectivity index (χ0) is 7.66. The number of nitrogens with two attached hydrogens (primary N) is 1. The molecule has 0 radical (unpaired) electrons. The van der Waals surface area contributed by atoms with Crippen LogP contribution in [-0.4, -0.2) is 19.5 Å². The number of unbranched alkanes of at least 4 members (excludes halogenated alkanes) is 3. The summed E-state index contributed by atoms with van der Waals surface area (Å²) in [6.45, 7) is 1.58. The molecule has 0 aliphatic rings. The van der Waals surface area contributed by atoms with Crippen molar-refractivity contribution in [3.05, 3.63) is 0 Å². The van der Waals surface area contributed by atoms with Crippen LogP contribution in [0.2, 0.25) is 0 Å². The number of nitrogens with one attached hydrogen (secondary N) is 1. The molecule has 0 aliphatic heterocycles. The Kier molecular flexibility index (Phi) is 7.95. The fourth-order valence-electron chi connectivity index (χ4n) is 0.784. The van der Waals surface area contributed by atoms with Crippen molar-refractivity contribution in [2.45, 2.75) is 25.7 Å². The summed E-state index contributed by atoms with van der Waals surface area (Å²) in [6, 6.07) is 0. The summed E-state index contributed by atoms with van der Waals surface area (Å²) in [5.41, 5.74) is 5.30. The Balaban J connectivity index is -0.000000405. The molecule has 0 atom stereocenters. The van der Waals surface area contributed by atoms with Gasteiger partial charge in [-0.3, -0.25) is 4.79 Å². The fraction of sp³-hybridized carbons (Fsp3) is 0.857. The zero-order valence-corrected chi connectivity index (χ0v) is 6.31. The van der Waals surface area contributed by atoms with E-state index in [1.807, 2.05) is 0 Å². The van der Waals surface area contributed by atoms with Crippen LogP contribution in [-0.2, 0) is 4.79 Å². The Morgan fingerprint density at radius 1 is 1.30 bits per heavy atom. The molecular formula is C7H20N2O. The van der Waals surface area contributed by atoms with Crippen LogP contribution in [0.15, 0.2) is 0 Å². The van der Waals surface area contributed by atoms with Gasteiger partial charge in [0, 0.05) is 9.40 Å². The number of hydrogen-bond acceptors (Lipinski definition) is 2. The van der Waals surface area contributed by atoms with E-state index in [-0.39, 0.29) is 2.85 Å². The molecule has 64 valence electrons. The molecule has 0 unspecified atom stereocenters. The third-order valence-corrected chi connectivity index (χ3v) is 1.36. The summed E-state index contributed by atoms with van der Waals surface area (Å²) in [4.78, 5) is 9.76. The molecular weight excluding hydrogens is 128 g/mol. The summed E-state index contributed by atoms with van der Waals surface area (Å²) in [6.07, 6.45) is 5.25. The van der Waals surface area contributed by atoms with Crippen molar-refractivity contribution in [3.63, 3.8) is 0 Å². The molecule has 0 saturated carbocycles. The maximum absolute atomic E-state index is 9.76. The van der Waals surface area contributed by atoms with E-state index in [1.165, 1.54) is 6.42 Å². The number of hydrogen-bond donors (Lipinski definition) is 2. The standard InChI is InChI=1S/C7H16N2O.2H2/c8-5-3-1-2-4-6-9-7-10;;/h7H,1-6,8H2,(H,9,10);2*1H. The van der Waals surface area contributed by atoms with Gasteiger partial charge in [0.15, 0.2) is 0 Å². The molecule has 0 spiro atoms. The van der Waals surface area contributed by atoms with E-state index in [2.05, 4.69) is 5.32 Å². The molecule has 0 saturated heterocycles. The molecule has 0 bridgehead atoms. The van der Waals surface area contributed by atoms with E-state index in [9.17, 15) is 4.79 Å². The van der Waals surface area contributed by atoms with Gasteiger partial charge < -0.3 is 11.1 Å². The van der Waals surface area contributed by atoms with Crippen LogP contribution in [0.3, 0.4) is 0 Å². The topological polar surface area (TPSA) is 55.1 Å². The number of carbonyl (C=O) groups is 1. The highest BCUT2D eigenvalue weighted by atomic mass is 16.1. The first-order valence-corrected chi connectivity index (χ1v) is 3.79. The Bertz CT molecular complexity index is 83.8. The van der Waals surface area contributed by atoms with Crippen molar-refractivity contribution in [1.29, 1.82) is 0 Å². The van der Waals surface area contributed by atoms with Gasteiger partial charge in [-0.1, -0.05) is 12.8 Å². The lowest BCUT2D eigenvalue weighted by Crippen LogP contribution is -2.11. The maximum Gasteiger partial charge on any atom is 0.207 e. The lowest BCUT2D eigenvalue weighted by Gasteiger charge is -1.97. The molecule has 3 N–H and O–H groups in total. The Hall–Kier alpha value is -0.570. The second-order valence-corrected chi connectivity index (χ2v) is 2.27. The van der Waals surface area contributed by atoms with E-state index in [4.69, 9.17) is 5.73 Å². The minimum Gasteiger partial charge on any atom is -0.359 e. The normalized spacial score (nSPS) is 9.30. The van der Waals surface area contributed by atoms with E-state index in [0.29, 0.717) is 0 Å². The SMILES string of the molecule is NCCCCCCNC=O.[HH].[HH]. The van der Waals surface area contributed by atoms with Gasteiger partial charge in [-0.25, -0.2) is 0 Å². The maximum atomic E-state index is 9.76. The van der Waals surface area contributed by atoms with Crippen LogP contribution in [0, 0.1) is 0 Å². The molecule has 0 aliphatic carbocycles. The first-order chi connectivity index (χ1) is 4.91. The van der Waals surface area contributed by atoms with Gasteiger partial charge in [0.25, 0.3) is 0 Å². The molecule has 0 aromatic rings. The predicted octanol–water partition coefficient (Wildman–Crippen LogP) is 0.744. The molecule has 0 heterocycles. The van der Waals surface area contributed by atoms with E-state index >= 15 is 0 Å². The fourth-order valence-corrected chi connectivity index (χ4v) is 0.784. The largest absolute Gasteiger partial charge is 0.359 e. The van der Waals surface area contributed by atoms with Gasteiger partial charge in [-0.2, -0.15) is 0 Å². The Morgan fingerprint density at radius 2 is 2.00 bits per heavy atom. The Labute approximate surface area is 64.9 Å². The Morgan fingerprint density at radius 3 is 2.60 bits per heavy atom. The second kappa shape index (κ2) is 8.43. The van der Waals surface area contributed by atoms with Gasteiger partial charge in [-0.15, -0.1) is 0 Å². The van der Waals surface area contributed by atoms with Gasteiger partial charge in [-0.05, 0) is 19.4 Å². The summed E-state index contributed by atoms with van der Waals surface area (Å²) in [7, 11) is 0. The number of rotatable bonds is 7. The summed E-state index contributed by atoms with van der Waals surface area (Å²) in [5.74, 6) is 0. The molecule has 3 heteroatoms. The first-order valence-electron chi connectivity index (χ1n) is 3.79. The highest BCUT2D eigenvalue weighted by Gasteiger charge is 1.86. The van der Waals surface area contributed by atoms with Crippen molar-refractivity contribution in [2.75, 3.05) is 13.1 Å². The highest BCUT2D eigenvalue weighted by molar-refractivity contribution is 5.45. The first kappa shape index (κ1) is 9.43. The second-order valence-electron chi connectivity index (χ2n) is 2.27. The summed E-state index contributed by atoms with van der Waals surface area (Å²) in [5, 5.41) is 2.61. The van der Waals surface area contributed by atoms with Crippen LogP contribution >= 0.6 is 0 Å². The lowest BCUT2D eigenvalue weighted by molar-refractivity contribution is -0.109. The predicted molar refractivity (Wildman–Crippen MR) is 45.8 cm³/mol. The van der Waals surface area contributed by atoms with Crippen LogP contribution < -0.4 is 11.1 Å². The average Bonchev–Trinajstić information content (AvgIpc) is 1.97. The molecule has 0 aromatic carbocycles. The van der Waals surface area contributed by atoms with Gasteiger partial charge in [0.2, 0.25) is 6.41 Å². The number of carbonyl (C=O) groups excluding carboxylic acids is 1. The zero-order valence-electron chi connectivity index (χ0n) is 6.31. The van der Waals surface area contributed by atoms with Crippen LogP contribution in [0.1, 0.15) is 28.5 Å². The minimum absolute atomic E-state index is 0. The van der Waals surface area contributed by atoms with Crippen molar-refractivity contribution in [1.82, 2.24) is 5.32 Å². The van der Waals surface area contributed by atoms with E-state index in [0.717, 1.165) is 38.8 Å². The molecule has 0 rings (SSSR count).